The summed E-state index contributed by atoms with van der Waals surface area (Å²) in [6, 6.07) is 11.7. The van der Waals surface area contributed by atoms with Crippen molar-refractivity contribution in [2.75, 3.05) is 6.61 Å². The molecule has 0 aliphatic heterocycles. The van der Waals surface area contributed by atoms with Gasteiger partial charge in [0.15, 0.2) is 6.61 Å². The van der Waals surface area contributed by atoms with Gasteiger partial charge >= 0.3 is 5.69 Å². The lowest BCUT2D eigenvalue weighted by Crippen LogP contribution is -2.43. The zero-order chi connectivity index (χ0) is 21.7. The Labute approximate surface area is 171 Å². The van der Waals surface area contributed by atoms with E-state index in [-0.39, 0.29) is 24.2 Å². The standard InChI is InChI=1S/C21H22N4O5/c1-3-13-7-5-6-8-17(13)30-12-18(26)23-24-19(27)14-9-10-15-16(11-14)22-21(29)25(4-2)20(15)28/h5-11H,3-4,12H2,1-2H3,(H,22,29)(H,23,26)(H,24,27). The van der Waals surface area contributed by atoms with Gasteiger partial charge < -0.3 is 9.72 Å². The molecule has 0 saturated carbocycles. The molecule has 0 unspecified atom stereocenters. The lowest BCUT2D eigenvalue weighted by Gasteiger charge is -2.11. The Kier molecular flexibility index (Phi) is 6.31. The lowest BCUT2D eigenvalue weighted by atomic mass is 10.1. The van der Waals surface area contributed by atoms with Gasteiger partial charge in [-0.15, -0.1) is 0 Å². The Balaban J connectivity index is 1.64. The molecule has 0 fully saturated rings. The van der Waals surface area contributed by atoms with Crippen molar-refractivity contribution >= 4 is 22.7 Å². The molecule has 0 spiro atoms. The van der Waals surface area contributed by atoms with Crippen LogP contribution in [0.15, 0.2) is 52.1 Å². The number of ether oxygens (including phenoxy) is 1. The van der Waals surface area contributed by atoms with Crippen molar-refractivity contribution < 1.29 is 14.3 Å². The number of hydrogen-bond acceptors (Lipinski definition) is 5. The Hall–Kier alpha value is -3.88. The molecular formula is C21H22N4O5. The highest BCUT2D eigenvalue weighted by Gasteiger charge is 2.12. The fourth-order valence-corrected chi connectivity index (χ4v) is 3.00. The van der Waals surface area contributed by atoms with E-state index in [1.54, 1.807) is 13.0 Å². The molecule has 2 aromatic carbocycles. The molecule has 0 aliphatic rings. The summed E-state index contributed by atoms with van der Waals surface area (Å²) in [5.74, 6) is -0.522. The van der Waals surface area contributed by atoms with E-state index in [1.165, 1.54) is 18.2 Å². The van der Waals surface area contributed by atoms with Crippen molar-refractivity contribution in [2.24, 2.45) is 0 Å². The molecule has 3 aromatic rings. The van der Waals surface area contributed by atoms with Gasteiger partial charge in [0.25, 0.3) is 17.4 Å². The van der Waals surface area contributed by atoms with Crippen LogP contribution in [0.1, 0.15) is 29.8 Å². The number of carbonyl (C=O) groups is 2. The summed E-state index contributed by atoms with van der Waals surface area (Å²) in [5, 5.41) is 0.292. The Morgan fingerprint density at radius 1 is 1.07 bits per heavy atom. The molecule has 30 heavy (non-hydrogen) atoms. The van der Waals surface area contributed by atoms with Crippen LogP contribution in [0, 0.1) is 0 Å². The minimum absolute atomic E-state index is 0.171. The monoisotopic (exact) mass is 410 g/mol. The first-order valence-corrected chi connectivity index (χ1v) is 9.51. The largest absolute Gasteiger partial charge is 0.483 e. The zero-order valence-corrected chi connectivity index (χ0v) is 16.7. The van der Waals surface area contributed by atoms with Crippen molar-refractivity contribution in [1.82, 2.24) is 20.4 Å². The summed E-state index contributed by atoms with van der Waals surface area (Å²) >= 11 is 0. The third-order valence-electron chi connectivity index (χ3n) is 4.59. The molecular weight excluding hydrogens is 388 g/mol. The molecule has 1 heterocycles. The Bertz CT molecular complexity index is 1210. The normalized spacial score (nSPS) is 10.6. The number of benzene rings is 2. The van der Waals surface area contributed by atoms with Crippen molar-refractivity contribution in [3.05, 3.63) is 74.4 Å². The summed E-state index contributed by atoms with van der Waals surface area (Å²) in [6.45, 7) is 3.65. The summed E-state index contributed by atoms with van der Waals surface area (Å²) in [7, 11) is 0. The number of aryl methyl sites for hydroxylation is 1. The van der Waals surface area contributed by atoms with E-state index in [0.29, 0.717) is 11.1 Å². The average molecular weight is 410 g/mol. The molecule has 0 bridgehead atoms. The fourth-order valence-electron chi connectivity index (χ4n) is 3.00. The van der Waals surface area contributed by atoms with Crippen LogP contribution < -0.4 is 26.8 Å². The lowest BCUT2D eigenvalue weighted by molar-refractivity contribution is -0.123. The highest BCUT2D eigenvalue weighted by molar-refractivity contribution is 5.98. The molecule has 156 valence electrons. The van der Waals surface area contributed by atoms with Gasteiger partial charge in [0.05, 0.1) is 10.9 Å². The summed E-state index contributed by atoms with van der Waals surface area (Å²) in [5.41, 5.74) is 4.97. The number of para-hydroxylation sites is 1. The van der Waals surface area contributed by atoms with Gasteiger partial charge in [0.2, 0.25) is 0 Å². The highest BCUT2D eigenvalue weighted by Crippen LogP contribution is 2.17. The minimum Gasteiger partial charge on any atom is -0.483 e. The molecule has 0 radical (unpaired) electrons. The number of fused-ring (bicyclic) bond motifs is 1. The van der Waals surface area contributed by atoms with Crippen LogP contribution in [-0.4, -0.2) is 28.0 Å². The summed E-state index contributed by atoms with van der Waals surface area (Å²) < 4.78 is 6.56. The zero-order valence-electron chi connectivity index (χ0n) is 16.7. The van der Waals surface area contributed by atoms with Crippen LogP contribution in [0.25, 0.3) is 10.9 Å². The van der Waals surface area contributed by atoms with Crippen LogP contribution in [0.3, 0.4) is 0 Å². The van der Waals surface area contributed by atoms with Crippen LogP contribution in [0.2, 0.25) is 0 Å². The first-order valence-electron chi connectivity index (χ1n) is 9.51. The molecule has 3 N–H and O–H groups in total. The summed E-state index contributed by atoms with van der Waals surface area (Å²) in [6.07, 6.45) is 0.766. The number of aromatic nitrogens is 2. The molecule has 3 rings (SSSR count). The minimum atomic E-state index is -0.597. The number of amides is 2. The molecule has 9 nitrogen and oxygen atoms in total. The second-order valence-corrected chi connectivity index (χ2v) is 6.49. The average Bonchev–Trinajstić information content (AvgIpc) is 2.76. The summed E-state index contributed by atoms with van der Waals surface area (Å²) in [4.78, 5) is 51.1. The number of nitrogens with one attached hydrogen (secondary N) is 3. The molecule has 0 aliphatic carbocycles. The Morgan fingerprint density at radius 2 is 1.83 bits per heavy atom. The quantitative estimate of drug-likeness (QED) is 0.526. The maximum atomic E-state index is 12.3. The number of rotatable bonds is 6. The van der Waals surface area contributed by atoms with Crippen LogP contribution >= 0.6 is 0 Å². The maximum absolute atomic E-state index is 12.3. The third kappa shape index (κ3) is 4.40. The van der Waals surface area contributed by atoms with E-state index in [2.05, 4.69) is 15.8 Å². The molecule has 1 aromatic heterocycles. The van der Waals surface area contributed by atoms with Crippen molar-refractivity contribution in [1.29, 1.82) is 0 Å². The van der Waals surface area contributed by atoms with Gasteiger partial charge in [-0.2, -0.15) is 0 Å². The maximum Gasteiger partial charge on any atom is 0.328 e. The SMILES string of the molecule is CCc1ccccc1OCC(=O)NNC(=O)c1ccc2c(=O)n(CC)c(=O)[nH]c2c1. The molecule has 0 saturated heterocycles. The van der Waals surface area contributed by atoms with E-state index >= 15 is 0 Å². The van der Waals surface area contributed by atoms with E-state index in [0.717, 1.165) is 16.6 Å². The van der Waals surface area contributed by atoms with Gasteiger partial charge in [-0.1, -0.05) is 25.1 Å². The second kappa shape index (κ2) is 9.08. The van der Waals surface area contributed by atoms with Crippen molar-refractivity contribution in [2.45, 2.75) is 26.8 Å². The highest BCUT2D eigenvalue weighted by atomic mass is 16.5. The third-order valence-corrected chi connectivity index (χ3v) is 4.59. The number of H-pyrrole nitrogens is 1. The predicted molar refractivity (Wildman–Crippen MR) is 111 cm³/mol. The van der Waals surface area contributed by atoms with Crippen LogP contribution in [0.5, 0.6) is 5.75 Å². The number of carbonyl (C=O) groups excluding carboxylic acids is 2. The van der Waals surface area contributed by atoms with E-state index in [9.17, 15) is 19.2 Å². The van der Waals surface area contributed by atoms with Crippen LogP contribution in [-0.2, 0) is 17.8 Å². The van der Waals surface area contributed by atoms with Gasteiger partial charge in [-0.3, -0.25) is 29.8 Å². The number of hydrogen-bond donors (Lipinski definition) is 3. The number of aromatic amines is 1. The van der Waals surface area contributed by atoms with Gasteiger partial charge in [-0.25, -0.2) is 4.79 Å². The second-order valence-electron chi connectivity index (χ2n) is 6.49. The van der Waals surface area contributed by atoms with Gasteiger partial charge in [0, 0.05) is 12.1 Å². The van der Waals surface area contributed by atoms with E-state index in [4.69, 9.17) is 4.74 Å². The first-order chi connectivity index (χ1) is 14.4. The number of hydrazine groups is 1. The molecule has 2 amide bonds. The van der Waals surface area contributed by atoms with Crippen molar-refractivity contribution in [3.8, 4) is 5.75 Å². The number of nitrogens with zero attached hydrogens (tertiary/aromatic N) is 1. The smallest absolute Gasteiger partial charge is 0.328 e. The molecule has 9 heteroatoms. The topological polar surface area (TPSA) is 122 Å². The first kappa shape index (κ1) is 20.8. The molecule has 0 atom stereocenters. The fraction of sp³-hybridized carbons (Fsp3) is 0.238. The predicted octanol–water partition coefficient (Wildman–Crippen LogP) is 1.11. The van der Waals surface area contributed by atoms with Gasteiger partial charge in [0.1, 0.15) is 5.75 Å². The van der Waals surface area contributed by atoms with Crippen LogP contribution in [0.4, 0.5) is 0 Å². The van der Waals surface area contributed by atoms with E-state index in [1.807, 2.05) is 25.1 Å². The van der Waals surface area contributed by atoms with Gasteiger partial charge in [-0.05, 0) is 43.2 Å². The van der Waals surface area contributed by atoms with E-state index < -0.39 is 23.1 Å². The Morgan fingerprint density at radius 3 is 2.57 bits per heavy atom. The van der Waals surface area contributed by atoms with Crippen molar-refractivity contribution in [3.63, 3.8) is 0 Å².